The number of nitrogens with one attached hydrogen (secondary N) is 2. The van der Waals surface area contributed by atoms with Crippen molar-refractivity contribution in [3.8, 4) is 23.0 Å². The van der Waals surface area contributed by atoms with Crippen LogP contribution in [-0.2, 0) is 4.79 Å². The molecule has 0 bridgehead atoms. The van der Waals surface area contributed by atoms with E-state index in [0.29, 0.717) is 17.4 Å². The van der Waals surface area contributed by atoms with E-state index in [4.69, 9.17) is 4.52 Å². The molecule has 2 aromatic heterocycles. The van der Waals surface area contributed by atoms with Crippen molar-refractivity contribution < 1.29 is 9.32 Å². The number of anilines is 2. The van der Waals surface area contributed by atoms with Gasteiger partial charge in [-0.15, -0.1) is 0 Å². The van der Waals surface area contributed by atoms with E-state index in [1.807, 2.05) is 80.6 Å². The molecule has 0 radical (unpaired) electrons. The second kappa shape index (κ2) is 9.44. The van der Waals surface area contributed by atoms with Crippen molar-refractivity contribution in [2.45, 2.75) is 18.7 Å². The molecule has 0 aliphatic carbocycles. The molecule has 2 N–H and O–H groups in total. The zero-order valence-corrected chi connectivity index (χ0v) is 17.9. The Hall–Kier alpha value is -3.65. The fraction of sp³-hybridized carbons (Fsp3) is 0.130. The van der Waals surface area contributed by atoms with Crippen LogP contribution in [0.25, 0.3) is 23.0 Å². The number of hydrogen-bond acceptors (Lipinski definition) is 7. The molecule has 4 rings (SSSR count). The lowest BCUT2D eigenvalue weighted by molar-refractivity contribution is -0.118. The maximum Gasteiger partial charge on any atom is 0.276 e. The largest absolute Gasteiger partial charge is 0.332 e. The van der Waals surface area contributed by atoms with Crippen molar-refractivity contribution in [1.82, 2.24) is 15.1 Å². The zero-order chi connectivity index (χ0) is 21.6. The van der Waals surface area contributed by atoms with E-state index in [0.717, 1.165) is 21.8 Å². The third kappa shape index (κ3) is 5.29. The minimum absolute atomic E-state index is 0.00643. The lowest BCUT2D eigenvalue weighted by Crippen LogP contribution is -2.17. The first-order valence-corrected chi connectivity index (χ1v) is 10.6. The molecule has 4 aromatic rings. The number of hydrogen-bond donors (Lipinski definition) is 2. The quantitative estimate of drug-likeness (QED) is 0.373. The molecular formula is C23H21N5O2S. The van der Waals surface area contributed by atoms with Crippen molar-refractivity contribution in [3.63, 3.8) is 0 Å². The van der Waals surface area contributed by atoms with Crippen LogP contribution in [0.15, 0.2) is 82.3 Å². The van der Waals surface area contributed by atoms with E-state index in [-0.39, 0.29) is 11.8 Å². The summed E-state index contributed by atoms with van der Waals surface area (Å²) in [6.07, 6.45) is 1.69. The molecule has 1 amide bonds. The van der Waals surface area contributed by atoms with Crippen LogP contribution in [-0.4, -0.2) is 21.0 Å². The zero-order valence-electron chi connectivity index (χ0n) is 17.1. The van der Waals surface area contributed by atoms with E-state index in [1.54, 1.807) is 6.20 Å². The Labute approximate surface area is 184 Å². The smallest absolute Gasteiger partial charge is 0.276 e. The lowest BCUT2D eigenvalue weighted by Gasteiger charge is -2.10. The molecule has 156 valence electrons. The monoisotopic (exact) mass is 431 g/mol. The van der Waals surface area contributed by atoms with Gasteiger partial charge >= 0.3 is 0 Å². The first kappa shape index (κ1) is 20.6. The molecule has 0 aliphatic heterocycles. The summed E-state index contributed by atoms with van der Waals surface area (Å²) in [5, 5.41) is 6.95. The molecule has 31 heavy (non-hydrogen) atoms. The van der Waals surface area contributed by atoms with Gasteiger partial charge in [0.05, 0.1) is 0 Å². The maximum atomic E-state index is 11.9. The van der Waals surface area contributed by atoms with Gasteiger partial charge in [0.25, 0.3) is 5.89 Å². The second-order valence-electron chi connectivity index (χ2n) is 7.09. The highest BCUT2D eigenvalue weighted by Crippen LogP contribution is 2.26. The van der Waals surface area contributed by atoms with Crippen LogP contribution in [0.5, 0.6) is 0 Å². The van der Waals surface area contributed by atoms with Gasteiger partial charge in [-0.25, -0.2) is 0 Å². The normalized spacial score (nSPS) is 10.8. The van der Waals surface area contributed by atoms with Crippen LogP contribution in [0.3, 0.4) is 0 Å². The van der Waals surface area contributed by atoms with Crippen molar-refractivity contribution in [1.29, 1.82) is 0 Å². The summed E-state index contributed by atoms with van der Waals surface area (Å²) in [5.41, 5.74) is 3.16. The molecule has 7 nitrogen and oxygen atoms in total. The molecule has 2 aromatic carbocycles. The van der Waals surface area contributed by atoms with Gasteiger partial charge in [0, 0.05) is 33.9 Å². The van der Waals surface area contributed by atoms with Gasteiger partial charge in [0.2, 0.25) is 11.7 Å². The first-order valence-electron chi connectivity index (χ1n) is 9.78. The highest BCUT2D eigenvalue weighted by Gasteiger charge is 2.11. The molecule has 0 aliphatic rings. The first-order chi connectivity index (χ1) is 15.1. The predicted molar refractivity (Wildman–Crippen MR) is 122 cm³/mol. The third-order valence-electron chi connectivity index (χ3n) is 4.36. The topological polar surface area (TPSA) is 92.9 Å². The molecule has 0 fully saturated rings. The van der Waals surface area contributed by atoms with Gasteiger partial charge in [-0.05, 0) is 66.5 Å². The minimum Gasteiger partial charge on any atom is -0.332 e. The summed E-state index contributed by atoms with van der Waals surface area (Å²) < 4.78 is 8.62. The van der Waals surface area contributed by atoms with E-state index >= 15 is 0 Å². The van der Waals surface area contributed by atoms with Crippen LogP contribution in [0.2, 0.25) is 0 Å². The van der Waals surface area contributed by atoms with Gasteiger partial charge < -0.3 is 14.6 Å². The number of amides is 1. The van der Waals surface area contributed by atoms with Crippen LogP contribution >= 0.6 is 11.9 Å². The standard InChI is InChI=1S/C23H21N5O2S/c1-15(2)22(29)25-17-6-5-7-18(14-17)28-31-19-11-9-16(10-12-19)21-26-23(30-27-21)20-8-3-4-13-24-20/h3-15,28H,1-2H3,(H,25,29). The number of aromatic nitrogens is 3. The number of rotatable bonds is 7. The average Bonchev–Trinajstić information content (AvgIpc) is 3.29. The van der Waals surface area contributed by atoms with Gasteiger partial charge in [-0.1, -0.05) is 31.1 Å². The van der Waals surface area contributed by atoms with Crippen LogP contribution in [0.1, 0.15) is 13.8 Å². The summed E-state index contributed by atoms with van der Waals surface area (Å²) >= 11 is 1.48. The van der Waals surface area contributed by atoms with Gasteiger partial charge in [-0.2, -0.15) is 4.98 Å². The summed E-state index contributed by atoms with van der Waals surface area (Å²) in [4.78, 5) is 21.5. The molecule has 0 spiro atoms. The SMILES string of the molecule is CC(C)C(=O)Nc1cccc(NSc2ccc(-c3noc(-c4ccccn4)n3)cc2)c1. The van der Waals surface area contributed by atoms with E-state index in [9.17, 15) is 4.79 Å². The Morgan fingerprint density at radius 3 is 2.55 bits per heavy atom. The van der Waals surface area contributed by atoms with Gasteiger partial charge in [-0.3, -0.25) is 9.78 Å². The van der Waals surface area contributed by atoms with E-state index in [1.165, 1.54) is 11.9 Å². The van der Waals surface area contributed by atoms with Crippen molar-refractivity contribution in [2.24, 2.45) is 5.92 Å². The second-order valence-corrected chi connectivity index (χ2v) is 7.97. The highest BCUT2D eigenvalue weighted by atomic mass is 32.2. The average molecular weight is 432 g/mol. The van der Waals surface area contributed by atoms with E-state index < -0.39 is 0 Å². The third-order valence-corrected chi connectivity index (χ3v) is 5.21. The lowest BCUT2D eigenvalue weighted by atomic mass is 10.2. The Kier molecular flexibility index (Phi) is 6.28. The fourth-order valence-corrected chi connectivity index (χ4v) is 3.31. The van der Waals surface area contributed by atoms with Crippen molar-refractivity contribution >= 4 is 29.2 Å². The summed E-state index contributed by atoms with van der Waals surface area (Å²) in [6, 6.07) is 21.0. The van der Waals surface area contributed by atoms with Crippen molar-refractivity contribution in [3.05, 3.63) is 72.9 Å². The summed E-state index contributed by atoms with van der Waals surface area (Å²) in [6.45, 7) is 3.73. The molecule has 8 heteroatoms. The maximum absolute atomic E-state index is 11.9. The number of carbonyl (C=O) groups is 1. The van der Waals surface area contributed by atoms with Crippen LogP contribution < -0.4 is 10.0 Å². The number of benzene rings is 2. The minimum atomic E-state index is -0.0660. The molecule has 2 heterocycles. The number of pyridine rings is 1. The number of nitrogens with zero attached hydrogens (tertiary/aromatic N) is 3. The van der Waals surface area contributed by atoms with Gasteiger partial charge in [0.1, 0.15) is 5.69 Å². The Balaban J connectivity index is 1.38. The van der Waals surface area contributed by atoms with Crippen LogP contribution in [0.4, 0.5) is 11.4 Å². The Morgan fingerprint density at radius 2 is 1.81 bits per heavy atom. The summed E-state index contributed by atoms with van der Waals surface area (Å²) in [5.74, 6) is 0.829. The molecular weight excluding hydrogens is 410 g/mol. The van der Waals surface area contributed by atoms with Crippen LogP contribution in [0, 0.1) is 5.92 Å². The Bertz CT molecular complexity index is 1160. The predicted octanol–water partition coefficient (Wildman–Crippen LogP) is 5.51. The van der Waals surface area contributed by atoms with Gasteiger partial charge in [0.15, 0.2) is 0 Å². The fourth-order valence-electron chi connectivity index (χ4n) is 2.67. The number of carbonyl (C=O) groups excluding carboxylic acids is 1. The molecule has 0 atom stereocenters. The molecule has 0 saturated carbocycles. The van der Waals surface area contributed by atoms with Crippen molar-refractivity contribution in [2.75, 3.05) is 10.0 Å². The Morgan fingerprint density at radius 1 is 1.00 bits per heavy atom. The summed E-state index contributed by atoms with van der Waals surface area (Å²) in [7, 11) is 0. The van der Waals surface area contributed by atoms with E-state index in [2.05, 4.69) is 25.2 Å². The molecule has 0 saturated heterocycles. The highest BCUT2D eigenvalue weighted by molar-refractivity contribution is 8.00. The molecule has 0 unspecified atom stereocenters.